The van der Waals surface area contributed by atoms with Crippen molar-refractivity contribution in [1.29, 1.82) is 0 Å². The Morgan fingerprint density at radius 1 is 1.13 bits per heavy atom. The van der Waals surface area contributed by atoms with Gasteiger partial charge in [0.1, 0.15) is 0 Å². The van der Waals surface area contributed by atoms with Crippen LogP contribution in [-0.4, -0.2) is 73.8 Å². The third kappa shape index (κ3) is 5.63. The largest absolute Gasteiger partial charge is 0.493 e. The molecular formula is C28H35N3O7S. The molecule has 0 unspecified atom stereocenters. The maximum Gasteiger partial charge on any atom is 0.338 e. The topological polar surface area (TPSA) is 107 Å². The molecule has 0 bridgehead atoms. The number of thioether (sulfide) groups is 1. The summed E-state index contributed by atoms with van der Waals surface area (Å²) < 4.78 is 21.7. The molecule has 3 aliphatic heterocycles. The first-order chi connectivity index (χ1) is 18.9. The number of methoxy groups -OCH3 is 3. The van der Waals surface area contributed by atoms with E-state index < -0.39 is 12.0 Å². The van der Waals surface area contributed by atoms with Crippen LogP contribution in [0.3, 0.4) is 0 Å². The van der Waals surface area contributed by atoms with Crippen molar-refractivity contribution < 1.29 is 33.3 Å². The molecule has 1 saturated heterocycles. The Morgan fingerprint density at radius 3 is 2.59 bits per heavy atom. The van der Waals surface area contributed by atoms with Gasteiger partial charge in [-0.25, -0.2) is 9.79 Å². The number of amides is 1. The van der Waals surface area contributed by atoms with Gasteiger partial charge in [-0.1, -0.05) is 30.8 Å². The predicted molar refractivity (Wildman–Crippen MR) is 147 cm³/mol. The van der Waals surface area contributed by atoms with E-state index in [1.54, 1.807) is 32.1 Å². The molecule has 10 nitrogen and oxygen atoms in total. The standard InChI is InChI=1S/C28H35N3O7S/c1-6-20-23(27(34)37-5)24(19-11-8-12-21(35-3)25(19)36-4)31-18(16-39-28(31)29-20)14-22(32)30-13-9-10-17(15-30)26(33)38-7-2/h8,11-12,16-17,24H,6-7,9-10,13-15H2,1-5H3/t17-,24-/m0/s1. The Hall–Kier alpha value is -3.47. The van der Waals surface area contributed by atoms with Crippen LogP contribution >= 0.6 is 11.8 Å². The van der Waals surface area contributed by atoms with Gasteiger partial charge in [-0.15, -0.1) is 0 Å². The number of aliphatic imine (C=N–C) groups is 1. The molecule has 4 rings (SSSR count). The number of carbonyl (C=O) groups excluding carboxylic acids is 3. The molecule has 2 atom stereocenters. The minimum absolute atomic E-state index is 0.0836. The average Bonchev–Trinajstić information content (AvgIpc) is 3.37. The van der Waals surface area contributed by atoms with Crippen LogP contribution in [0.1, 0.15) is 51.1 Å². The van der Waals surface area contributed by atoms with Gasteiger partial charge in [0.05, 0.1) is 57.6 Å². The van der Waals surface area contributed by atoms with E-state index in [2.05, 4.69) is 0 Å². The maximum atomic E-state index is 13.5. The fourth-order valence-electron chi connectivity index (χ4n) is 5.26. The molecule has 0 aromatic heterocycles. The van der Waals surface area contributed by atoms with Crippen molar-refractivity contribution >= 4 is 34.8 Å². The zero-order chi connectivity index (χ0) is 28.1. The zero-order valence-electron chi connectivity index (χ0n) is 23.0. The number of carbonyl (C=O) groups is 3. The zero-order valence-corrected chi connectivity index (χ0v) is 23.8. The maximum absolute atomic E-state index is 13.5. The second kappa shape index (κ2) is 12.6. The molecule has 0 radical (unpaired) electrons. The summed E-state index contributed by atoms with van der Waals surface area (Å²) in [7, 11) is 4.45. The lowest BCUT2D eigenvalue weighted by atomic mass is 9.91. The lowest BCUT2D eigenvalue weighted by Gasteiger charge is -2.38. The monoisotopic (exact) mass is 557 g/mol. The van der Waals surface area contributed by atoms with E-state index in [4.69, 9.17) is 23.9 Å². The molecule has 0 saturated carbocycles. The highest BCUT2D eigenvalue weighted by Crippen LogP contribution is 2.49. The lowest BCUT2D eigenvalue weighted by Crippen LogP contribution is -2.44. The molecule has 1 aromatic carbocycles. The molecule has 11 heteroatoms. The molecule has 3 heterocycles. The van der Waals surface area contributed by atoms with Gasteiger partial charge >= 0.3 is 11.9 Å². The summed E-state index contributed by atoms with van der Waals surface area (Å²) >= 11 is 1.41. The number of esters is 2. The third-order valence-corrected chi connectivity index (χ3v) is 7.97. The van der Waals surface area contributed by atoms with Crippen LogP contribution in [0.4, 0.5) is 0 Å². The van der Waals surface area contributed by atoms with Gasteiger partial charge in [-0.05, 0) is 37.7 Å². The summed E-state index contributed by atoms with van der Waals surface area (Å²) in [4.78, 5) is 47.5. The van der Waals surface area contributed by atoms with Crippen molar-refractivity contribution in [2.24, 2.45) is 10.9 Å². The Kier molecular flexibility index (Phi) is 9.21. The number of likely N-dealkylation sites (tertiary alicyclic amines) is 1. The molecule has 0 N–H and O–H groups in total. The molecule has 0 aliphatic carbocycles. The quantitative estimate of drug-likeness (QED) is 0.416. The molecule has 1 aromatic rings. The fourth-order valence-corrected chi connectivity index (χ4v) is 6.19. The molecule has 210 valence electrons. The molecule has 3 aliphatic rings. The van der Waals surface area contributed by atoms with Crippen LogP contribution in [0.2, 0.25) is 0 Å². The number of hydrogen-bond acceptors (Lipinski definition) is 10. The highest BCUT2D eigenvalue weighted by molar-refractivity contribution is 8.16. The first-order valence-electron chi connectivity index (χ1n) is 13.1. The second-order valence-corrected chi connectivity index (χ2v) is 10.1. The number of nitrogens with zero attached hydrogens (tertiary/aromatic N) is 3. The second-order valence-electron chi connectivity index (χ2n) is 9.29. The van der Waals surface area contributed by atoms with E-state index in [0.717, 1.165) is 6.42 Å². The molecule has 1 fully saturated rings. The van der Waals surface area contributed by atoms with E-state index in [1.165, 1.54) is 18.9 Å². The van der Waals surface area contributed by atoms with Gasteiger partial charge < -0.3 is 28.7 Å². The minimum Gasteiger partial charge on any atom is -0.493 e. The first kappa shape index (κ1) is 28.5. The van der Waals surface area contributed by atoms with Crippen molar-refractivity contribution in [3.63, 3.8) is 0 Å². The number of para-hydroxylation sites is 1. The van der Waals surface area contributed by atoms with Crippen LogP contribution in [0, 0.1) is 5.92 Å². The first-order valence-corrected chi connectivity index (χ1v) is 14.0. The van der Waals surface area contributed by atoms with Crippen LogP contribution < -0.4 is 9.47 Å². The van der Waals surface area contributed by atoms with E-state index >= 15 is 0 Å². The summed E-state index contributed by atoms with van der Waals surface area (Å²) in [5.41, 5.74) is 2.39. The van der Waals surface area contributed by atoms with Crippen LogP contribution in [-0.2, 0) is 23.9 Å². The number of hydrogen-bond donors (Lipinski definition) is 0. The van der Waals surface area contributed by atoms with E-state index in [9.17, 15) is 14.4 Å². The summed E-state index contributed by atoms with van der Waals surface area (Å²) in [5, 5.41) is 2.57. The van der Waals surface area contributed by atoms with Crippen molar-refractivity contribution in [3.05, 3.63) is 46.1 Å². The highest BCUT2D eigenvalue weighted by atomic mass is 32.2. The number of amidine groups is 1. The van der Waals surface area contributed by atoms with Gasteiger partial charge in [-0.3, -0.25) is 9.59 Å². The van der Waals surface area contributed by atoms with Gasteiger partial charge in [-0.2, -0.15) is 0 Å². The Bertz CT molecular complexity index is 1230. The van der Waals surface area contributed by atoms with Crippen LogP contribution in [0.5, 0.6) is 11.5 Å². The fraction of sp³-hybridized carbons (Fsp3) is 0.500. The summed E-state index contributed by atoms with van der Waals surface area (Å²) in [6.07, 6.45) is 2.04. The summed E-state index contributed by atoms with van der Waals surface area (Å²) in [5.74, 6) is -0.177. The number of allylic oxidation sites excluding steroid dienone is 1. The van der Waals surface area contributed by atoms with Crippen LogP contribution in [0.15, 0.2) is 45.6 Å². The lowest BCUT2D eigenvalue weighted by molar-refractivity contribution is -0.151. The van der Waals surface area contributed by atoms with Crippen LogP contribution in [0.25, 0.3) is 0 Å². The van der Waals surface area contributed by atoms with E-state index in [-0.39, 0.29) is 24.2 Å². The third-order valence-electron chi connectivity index (χ3n) is 7.08. The Morgan fingerprint density at radius 2 is 1.92 bits per heavy atom. The number of ether oxygens (including phenoxy) is 4. The number of piperidine rings is 1. The number of fused-ring (bicyclic) bond motifs is 1. The minimum atomic E-state index is -0.646. The van der Waals surface area contributed by atoms with Gasteiger partial charge in [0, 0.05) is 24.4 Å². The van der Waals surface area contributed by atoms with Gasteiger partial charge in [0.15, 0.2) is 16.7 Å². The Balaban J connectivity index is 1.70. The van der Waals surface area contributed by atoms with Crippen molar-refractivity contribution in [2.75, 3.05) is 41.0 Å². The SMILES string of the molecule is CCOC(=O)[C@H]1CCCN(C(=O)CC2=CSC3=NC(CC)=C(C(=O)OC)[C@H](c4cccc(OC)c4OC)N23)C1. The van der Waals surface area contributed by atoms with Crippen molar-refractivity contribution in [2.45, 2.75) is 45.6 Å². The predicted octanol–water partition coefficient (Wildman–Crippen LogP) is 4.03. The Labute approximate surface area is 233 Å². The molecule has 1 amide bonds. The average molecular weight is 558 g/mol. The number of rotatable bonds is 9. The highest BCUT2D eigenvalue weighted by Gasteiger charge is 2.43. The van der Waals surface area contributed by atoms with E-state index in [0.29, 0.717) is 71.7 Å². The number of benzene rings is 1. The molecule has 39 heavy (non-hydrogen) atoms. The van der Waals surface area contributed by atoms with Crippen molar-refractivity contribution in [3.8, 4) is 11.5 Å². The van der Waals surface area contributed by atoms with Crippen molar-refractivity contribution in [1.82, 2.24) is 9.80 Å². The molecular weight excluding hydrogens is 522 g/mol. The summed E-state index contributed by atoms with van der Waals surface area (Å²) in [6.45, 7) is 4.94. The summed E-state index contributed by atoms with van der Waals surface area (Å²) in [6, 6.07) is 4.86. The van der Waals surface area contributed by atoms with Gasteiger partial charge in [0.25, 0.3) is 0 Å². The molecule has 0 spiro atoms. The normalized spacial score (nSPS) is 20.6. The van der Waals surface area contributed by atoms with Gasteiger partial charge in [0.2, 0.25) is 5.91 Å². The smallest absolute Gasteiger partial charge is 0.338 e. The van der Waals surface area contributed by atoms with E-state index in [1.807, 2.05) is 29.4 Å².